The number of aliphatic hydroxyl groups is 1. The average Bonchev–Trinajstić information content (AvgIpc) is 3.31. The van der Waals surface area contributed by atoms with Crippen LogP contribution in [-0.4, -0.2) is 31.4 Å². The molecule has 0 aliphatic rings. The van der Waals surface area contributed by atoms with Gasteiger partial charge >= 0.3 is 6.18 Å². The van der Waals surface area contributed by atoms with E-state index in [1.807, 2.05) is 0 Å². The number of nitrogens with zero attached hydrogens (tertiary/aromatic N) is 3. The van der Waals surface area contributed by atoms with Crippen LogP contribution in [0.3, 0.4) is 0 Å². The van der Waals surface area contributed by atoms with Crippen molar-refractivity contribution in [2.24, 2.45) is 0 Å². The molecule has 2 aromatic carbocycles. The van der Waals surface area contributed by atoms with Gasteiger partial charge in [0.05, 0.1) is 30.1 Å². The van der Waals surface area contributed by atoms with Gasteiger partial charge in [-0.3, -0.25) is 19.3 Å². The monoisotopic (exact) mass is 575 g/mol. The Balaban J connectivity index is 1.74. The molecular weight excluding hydrogens is 552 g/mol. The summed E-state index contributed by atoms with van der Waals surface area (Å²) in [5.41, 5.74) is -0.388. The number of halogens is 6. The largest absolute Gasteiger partial charge is 0.435 e. The molecule has 4 aromatic rings. The maximum atomic E-state index is 14.2. The van der Waals surface area contributed by atoms with Crippen LogP contribution in [0.25, 0.3) is 11.1 Å². The summed E-state index contributed by atoms with van der Waals surface area (Å²) in [5.74, 6) is -4.39. The summed E-state index contributed by atoms with van der Waals surface area (Å²) < 4.78 is 82.4. The van der Waals surface area contributed by atoms with Crippen LogP contribution in [0, 0.1) is 17.5 Å². The summed E-state index contributed by atoms with van der Waals surface area (Å²) in [6.45, 7) is -0.213. The fourth-order valence-electron chi connectivity index (χ4n) is 4.59. The van der Waals surface area contributed by atoms with Crippen LogP contribution in [0.4, 0.5) is 26.3 Å². The molecule has 0 spiro atoms. The Labute approximate surface area is 230 Å². The summed E-state index contributed by atoms with van der Waals surface area (Å²) in [6.07, 6.45) is -3.80. The number of pyridine rings is 1. The van der Waals surface area contributed by atoms with Crippen molar-refractivity contribution in [3.05, 3.63) is 106 Å². The molecule has 0 aliphatic heterocycles. The fourth-order valence-corrected chi connectivity index (χ4v) is 4.59. The van der Waals surface area contributed by atoms with E-state index in [9.17, 15) is 41.0 Å². The van der Waals surface area contributed by atoms with E-state index in [0.717, 1.165) is 22.9 Å². The lowest BCUT2D eigenvalue weighted by Gasteiger charge is -2.20. The molecule has 0 saturated carbocycles. The molecule has 4 rings (SSSR count). The quantitative estimate of drug-likeness (QED) is 0.184. The number of rotatable bonds is 10. The summed E-state index contributed by atoms with van der Waals surface area (Å²) in [5, 5.41) is 12.9. The van der Waals surface area contributed by atoms with Gasteiger partial charge in [0.2, 0.25) is 0 Å². The Morgan fingerprint density at radius 1 is 1.00 bits per heavy atom. The van der Waals surface area contributed by atoms with Crippen molar-refractivity contribution in [2.45, 2.75) is 45.0 Å². The SMILES string of the molecule is CC(=O)c1cc(-c2cccnc2[C@@H](CC(=O)Cn2nc(C(F)(F)F)cc2CO)Cc2cc(F)cc(F)c2)ccc1F. The van der Waals surface area contributed by atoms with Gasteiger partial charge in [-0.25, -0.2) is 13.2 Å². The van der Waals surface area contributed by atoms with Crippen molar-refractivity contribution < 1.29 is 41.0 Å². The van der Waals surface area contributed by atoms with Crippen molar-refractivity contribution in [2.75, 3.05) is 0 Å². The zero-order valence-electron chi connectivity index (χ0n) is 21.6. The zero-order valence-corrected chi connectivity index (χ0v) is 21.6. The topological polar surface area (TPSA) is 85.1 Å². The minimum absolute atomic E-state index is 0.0923. The Morgan fingerprint density at radius 2 is 1.71 bits per heavy atom. The standard InChI is InChI=1S/C29H23F6N3O3/c1-16(40)25-11-18(4-5-26(25)32)24-3-2-6-36-28(24)19(7-17-8-20(30)12-21(31)9-17)10-23(41)14-38-22(15-39)13-27(37-38)29(33,34)35/h2-6,8-9,11-13,19,39H,7,10,14-15H2,1H3/t19-/m1/s1. The Hall–Kier alpha value is -4.32. The number of aliphatic hydroxyl groups excluding tert-OH is 1. The molecule has 1 N–H and O–H groups in total. The van der Waals surface area contributed by atoms with Gasteiger partial charge in [0.25, 0.3) is 0 Å². The summed E-state index contributed by atoms with van der Waals surface area (Å²) in [4.78, 5) is 29.5. The minimum Gasteiger partial charge on any atom is -0.390 e. The van der Waals surface area contributed by atoms with Crippen molar-refractivity contribution in [3.63, 3.8) is 0 Å². The molecule has 0 unspecified atom stereocenters. The minimum atomic E-state index is -4.79. The molecule has 0 bridgehead atoms. The van der Waals surface area contributed by atoms with Crippen molar-refractivity contribution >= 4 is 11.6 Å². The Bertz CT molecular complexity index is 1580. The van der Waals surface area contributed by atoms with Gasteiger partial charge in [-0.2, -0.15) is 18.3 Å². The third kappa shape index (κ3) is 7.07. The predicted octanol–water partition coefficient (Wildman–Crippen LogP) is 6.06. The first-order chi connectivity index (χ1) is 19.3. The Morgan fingerprint density at radius 3 is 2.34 bits per heavy atom. The highest BCUT2D eigenvalue weighted by atomic mass is 19.4. The smallest absolute Gasteiger partial charge is 0.390 e. The van der Waals surface area contributed by atoms with E-state index >= 15 is 0 Å². The fraction of sp³-hybridized carbons (Fsp3) is 0.241. The maximum Gasteiger partial charge on any atom is 0.435 e. The molecule has 0 aliphatic carbocycles. The Kier molecular flexibility index (Phi) is 8.72. The molecular formula is C29H23F6N3O3. The first-order valence-corrected chi connectivity index (χ1v) is 12.3. The van der Waals surface area contributed by atoms with E-state index in [0.29, 0.717) is 23.3 Å². The molecule has 0 fully saturated rings. The highest BCUT2D eigenvalue weighted by molar-refractivity contribution is 5.95. The van der Waals surface area contributed by atoms with Crippen molar-refractivity contribution in [1.29, 1.82) is 0 Å². The predicted molar refractivity (Wildman–Crippen MR) is 135 cm³/mol. The van der Waals surface area contributed by atoms with Crippen LogP contribution in [0.5, 0.6) is 0 Å². The number of benzene rings is 2. The van der Waals surface area contributed by atoms with Crippen LogP contribution < -0.4 is 0 Å². The first kappa shape index (κ1) is 29.7. The number of aromatic nitrogens is 3. The molecule has 12 heteroatoms. The van der Waals surface area contributed by atoms with Gasteiger partial charge in [0.15, 0.2) is 17.3 Å². The number of ketones is 2. The van der Waals surface area contributed by atoms with Crippen LogP contribution in [-0.2, 0) is 30.5 Å². The lowest BCUT2D eigenvalue weighted by Crippen LogP contribution is -2.19. The maximum absolute atomic E-state index is 14.2. The highest BCUT2D eigenvalue weighted by Crippen LogP contribution is 2.34. The molecule has 41 heavy (non-hydrogen) atoms. The van der Waals surface area contributed by atoms with Crippen LogP contribution in [0.15, 0.2) is 60.8 Å². The van der Waals surface area contributed by atoms with E-state index in [-0.39, 0.29) is 35.4 Å². The molecule has 2 aromatic heterocycles. The third-order valence-electron chi connectivity index (χ3n) is 6.40. The van der Waals surface area contributed by atoms with Crippen LogP contribution >= 0.6 is 0 Å². The van der Waals surface area contributed by atoms with Gasteiger partial charge in [-0.05, 0) is 60.9 Å². The average molecular weight is 576 g/mol. The lowest BCUT2D eigenvalue weighted by atomic mass is 9.86. The lowest BCUT2D eigenvalue weighted by molar-refractivity contribution is -0.141. The molecule has 0 radical (unpaired) electrons. The van der Waals surface area contributed by atoms with E-state index < -0.39 is 60.0 Å². The first-order valence-electron chi connectivity index (χ1n) is 12.3. The zero-order chi connectivity index (χ0) is 29.9. The number of Topliss-reactive ketones (excluding diaryl/α,β-unsaturated/α-hetero) is 2. The summed E-state index contributed by atoms with van der Waals surface area (Å²) >= 11 is 0. The summed E-state index contributed by atoms with van der Waals surface area (Å²) in [7, 11) is 0. The van der Waals surface area contributed by atoms with Gasteiger partial charge in [-0.15, -0.1) is 0 Å². The van der Waals surface area contributed by atoms with Crippen molar-refractivity contribution in [1.82, 2.24) is 14.8 Å². The van der Waals surface area contributed by atoms with E-state index in [4.69, 9.17) is 0 Å². The number of alkyl halides is 3. The second-order valence-electron chi connectivity index (χ2n) is 9.44. The highest BCUT2D eigenvalue weighted by Gasteiger charge is 2.35. The number of carbonyl (C=O) groups is 2. The molecule has 0 amide bonds. The van der Waals surface area contributed by atoms with Gasteiger partial charge in [-0.1, -0.05) is 12.1 Å². The molecule has 0 saturated heterocycles. The third-order valence-corrected chi connectivity index (χ3v) is 6.40. The number of hydrogen-bond donors (Lipinski definition) is 1. The molecule has 6 nitrogen and oxygen atoms in total. The summed E-state index contributed by atoms with van der Waals surface area (Å²) in [6, 6.07) is 10.5. The van der Waals surface area contributed by atoms with E-state index in [2.05, 4.69) is 10.1 Å². The molecule has 1 atom stereocenters. The second-order valence-corrected chi connectivity index (χ2v) is 9.44. The van der Waals surface area contributed by atoms with Crippen LogP contribution in [0.2, 0.25) is 0 Å². The molecule has 2 heterocycles. The number of carbonyl (C=O) groups excluding carboxylic acids is 2. The molecule has 214 valence electrons. The normalized spacial score (nSPS) is 12.4. The van der Waals surface area contributed by atoms with Gasteiger partial charge in [0, 0.05) is 30.2 Å². The van der Waals surface area contributed by atoms with Crippen molar-refractivity contribution in [3.8, 4) is 11.1 Å². The van der Waals surface area contributed by atoms with Crippen LogP contribution in [0.1, 0.15) is 52.3 Å². The second kappa shape index (κ2) is 12.0. The van der Waals surface area contributed by atoms with Gasteiger partial charge in [0.1, 0.15) is 17.5 Å². The van der Waals surface area contributed by atoms with E-state index in [1.54, 1.807) is 12.1 Å². The number of hydrogen-bond acceptors (Lipinski definition) is 5. The van der Waals surface area contributed by atoms with E-state index in [1.165, 1.54) is 25.3 Å². The van der Waals surface area contributed by atoms with Gasteiger partial charge < -0.3 is 5.11 Å².